The minimum Gasteiger partial charge on any atom is -0.508 e. The van der Waals surface area contributed by atoms with E-state index in [1.807, 2.05) is 6.92 Å². The van der Waals surface area contributed by atoms with Gasteiger partial charge in [-0.1, -0.05) is 5.57 Å². The molecule has 0 radical (unpaired) electrons. The monoisotopic (exact) mass is 268 g/mol. The first-order valence-corrected chi connectivity index (χ1v) is 5.86. The molecule has 0 unspecified atom stereocenters. The maximum absolute atomic E-state index is 13.0. The molecular weight excluding hydrogens is 251 g/mol. The van der Waals surface area contributed by atoms with Crippen LogP contribution < -0.4 is 0 Å². The van der Waals surface area contributed by atoms with Crippen LogP contribution in [-0.2, 0) is 15.9 Å². The number of carbonyl (C=O) groups excluding carboxylic acids is 1. The highest BCUT2D eigenvalue weighted by Crippen LogP contribution is 2.20. The number of aromatic hydroxyl groups is 1. The number of hydrogen-bond donors (Lipinski definition) is 1. The number of rotatable bonds is 5. The Balaban J connectivity index is 2.45. The van der Waals surface area contributed by atoms with Crippen LogP contribution in [0.4, 0.5) is 9.18 Å². The topological polar surface area (TPSA) is 55.8 Å². The number of aryl methyl sites for hydroxylation is 1. The zero-order chi connectivity index (χ0) is 14.3. The van der Waals surface area contributed by atoms with Gasteiger partial charge in [-0.3, -0.25) is 0 Å². The lowest BCUT2D eigenvalue weighted by molar-refractivity contribution is 0.0816. The number of phenolic OH excluding ortho intramolecular Hbond substituents is 1. The van der Waals surface area contributed by atoms with Crippen LogP contribution in [0.2, 0.25) is 0 Å². The second kappa shape index (κ2) is 7.41. The van der Waals surface area contributed by atoms with Crippen LogP contribution in [0.25, 0.3) is 0 Å². The molecule has 1 rings (SSSR count). The molecular formula is C14H17FO4. The van der Waals surface area contributed by atoms with Crippen molar-refractivity contribution in [1.29, 1.82) is 0 Å². The molecule has 5 heteroatoms. The minimum absolute atomic E-state index is 0.0833. The third kappa shape index (κ3) is 5.42. The van der Waals surface area contributed by atoms with Gasteiger partial charge in [0, 0.05) is 0 Å². The normalized spacial score (nSPS) is 11.2. The molecule has 1 aromatic rings. The van der Waals surface area contributed by atoms with Gasteiger partial charge in [-0.25, -0.2) is 9.18 Å². The zero-order valence-corrected chi connectivity index (χ0v) is 11.0. The summed E-state index contributed by atoms with van der Waals surface area (Å²) in [6.07, 6.45) is 2.17. The van der Waals surface area contributed by atoms with Crippen LogP contribution in [0.5, 0.6) is 5.75 Å². The van der Waals surface area contributed by atoms with E-state index in [0.717, 1.165) is 5.57 Å². The molecule has 0 atom stereocenters. The Kier molecular flexibility index (Phi) is 5.85. The molecule has 1 N–H and O–H groups in total. The van der Waals surface area contributed by atoms with Crippen molar-refractivity contribution in [2.45, 2.75) is 19.8 Å². The van der Waals surface area contributed by atoms with Crippen LogP contribution in [0.15, 0.2) is 29.8 Å². The lowest BCUT2D eigenvalue weighted by Gasteiger charge is -2.05. The van der Waals surface area contributed by atoms with Gasteiger partial charge in [0.25, 0.3) is 0 Å². The zero-order valence-electron chi connectivity index (χ0n) is 11.0. The first-order chi connectivity index (χ1) is 9.02. The van der Waals surface area contributed by atoms with E-state index >= 15 is 0 Å². The van der Waals surface area contributed by atoms with Gasteiger partial charge in [0.1, 0.15) is 18.2 Å². The Hall–Kier alpha value is -2.04. The lowest BCUT2D eigenvalue weighted by Crippen LogP contribution is -2.04. The van der Waals surface area contributed by atoms with E-state index in [1.165, 1.54) is 25.3 Å². The quantitative estimate of drug-likeness (QED) is 0.658. The molecule has 0 saturated carbocycles. The number of benzene rings is 1. The summed E-state index contributed by atoms with van der Waals surface area (Å²) in [5.74, 6) is -0.288. The third-order valence-electron chi connectivity index (χ3n) is 2.63. The summed E-state index contributed by atoms with van der Waals surface area (Å²) in [5.41, 5.74) is 1.54. The lowest BCUT2D eigenvalue weighted by atomic mass is 10.0. The Bertz CT molecular complexity index is 469. The highest BCUT2D eigenvalue weighted by atomic mass is 19.1. The molecule has 0 amide bonds. The maximum atomic E-state index is 13.0. The van der Waals surface area contributed by atoms with E-state index in [0.29, 0.717) is 18.4 Å². The number of carbonyl (C=O) groups is 1. The Morgan fingerprint density at radius 3 is 2.89 bits per heavy atom. The van der Waals surface area contributed by atoms with Crippen LogP contribution in [0.1, 0.15) is 18.9 Å². The van der Waals surface area contributed by atoms with Gasteiger partial charge in [-0.2, -0.15) is 0 Å². The van der Waals surface area contributed by atoms with Gasteiger partial charge in [-0.15, -0.1) is 0 Å². The smallest absolute Gasteiger partial charge is 0.508 e. The van der Waals surface area contributed by atoms with Crippen LogP contribution >= 0.6 is 0 Å². The molecule has 0 aliphatic heterocycles. The van der Waals surface area contributed by atoms with Gasteiger partial charge < -0.3 is 14.6 Å². The van der Waals surface area contributed by atoms with Gasteiger partial charge >= 0.3 is 6.16 Å². The largest absolute Gasteiger partial charge is 0.508 e. The van der Waals surface area contributed by atoms with Crippen molar-refractivity contribution in [1.82, 2.24) is 0 Å². The molecule has 0 aromatic heterocycles. The van der Waals surface area contributed by atoms with Crippen molar-refractivity contribution in [2.75, 3.05) is 13.7 Å². The standard InChI is InChI=1S/C14H17FO4/c1-10(7-8-19-14(17)18-2)3-4-11-9-12(15)5-6-13(11)16/h5-7,9,16H,3-4,8H2,1-2H3/b10-7-. The fourth-order valence-electron chi connectivity index (χ4n) is 1.50. The summed E-state index contributed by atoms with van der Waals surface area (Å²) in [4.78, 5) is 10.7. The summed E-state index contributed by atoms with van der Waals surface area (Å²) in [7, 11) is 1.24. The minimum atomic E-state index is -0.730. The summed E-state index contributed by atoms with van der Waals surface area (Å²) < 4.78 is 22.0. The molecule has 104 valence electrons. The molecule has 0 fully saturated rings. The van der Waals surface area contributed by atoms with E-state index < -0.39 is 6.16 Å². The van der Waals surface area contributed by atoms with E-state index in [4.69, 9.17) is 4.74 Å². The number of methoxy groups -OCH3 is 1. The third-order valence-corrected chi connectivity index (χ3v) is 2.63. The van der Waals surface area contributed by atoms with Gasteiger partial charge in [-0.05, 0) is 49.6 Å². The molecule has 4 nitrogen and oxygen atoms in total. The van der Waals surface area contributed by atoms with Crippen molar-refractivity contribution in [2.24, 2.45) is 0 Å². The molecule has 0 aliphatic carbocycles. The molecule has 0 aliphatic rings. The fourth-order valence-corrected chi connectivity index (χ4v) is 1.50. The number of ether oxygens (including phenoxy) is 2. The van der Waals surface area contributed by atoms with E-state index in [1.54, 1.807) is 6.08 Å². The van der Waals surface area contributed by atoms with Crippen molar-refractivity contribution >= 4 is 6.16 Å². The Morgan fingerprint density at radius 1 is 1.47 bits per heavy atom. The van der Waals surface area contributed by atoms with Crippen molar-refractivity contribution < 1.29 is 23.8 Å². The Labute approximate surface area is 111 Å². The predicted octanol–water partition coefficient (Wildman–Crippen LogP) is 3.19. The van der Waals surface area contributed by atoms with E-state index in [2.05, 4.69) is 4.74 Å². The summed E-state index contributed by atoms with van der Waals surface area (Å²) in [5, 5.41) is 9.56. The molecule has 19 heavy (non-hydrogen) atoms. The summed E-state index contributed by atoms with van der Waals surface area (Å²) in [6.45, 7) is 2.00. The van der Waals surface area contributed by atoms with Crippen molar-refractivity contribution in [3.05, 3.63) is 41.2 Å². The average Bonchev–Trinajstić information content (AvgIpc) is 2.39. The second-order valence-corrected chi connectivity index (χ2v) is 4.09. The summed E-state index contributed by atoms with van der Waals surface area (Å²) in [6, 6.07) is 3.86. The number of phenols is 1. The molecule has 0 spiro atoms. The number of halogens is 1. The van der Waals surface area contributed by atoms with Crippen LogP contribution in [-0.4, -0.2) is 25.0 Å². The molecule has 1 aromatic carbocycles. The highest BCUT2D eigenvalue weighted by Gasteiger charge is 2.03. The van der Waals surface area contributed by atoms with Crippen LogP contribution in [0, 0.1) is 5.82 Å². The molecule has 0 saturated heterocycles. The van der Waals surface area contributed by atoms with Gasteiger partial charge in [0.2, 0.25) is 0 Å². The fraction of sp³-hybridized carbons (Fsp3) is 0.357. The van der Waals surface area contributed by atoms with Crippen molar-refractivity contribution in [3.8, 4) is 5.75 Å². The van der Waals surface area contributed by atoms with Gasteiger partial charge in [0.05, 0.1) is 7.11 Å². The first-order valence-electron chi connectivity index (χ1n) is 5.86. The van der Waals surface area contributed by atoms with E-state index in [9.17, 15) is 14.3 Å². The first kappa shape index (κ1) is 15.0. The van der Waals surface area contributed by atoms with Crippen molar-refractivity contribution in [3.63, 3.8) is 0 Å². The number of hydrogen-bond acceptors (Lipinski definition) is 4. The molecule has 0 heterocycles. The summed E-state index contributed by atoms with van der Waals surface area (Å²) >= 11 is 0. The second-order valence-electron chi connectivity index (χ2n) is 4.09. The maximum Gasteiger partial charge on any atom is 0.508 e. The Morgan fingerprint density at radius 2 is 2.21 bits per heavy atom. The van der Waals surface area contributed by atoms with E-state index in [-0.39, 0.29) is 18.2 Å². The predicted molar refractivity (Wildman–Crippen MR) is 68.5 cm³/mol. The molecule has 0 bridgehead atoms. The highest BCUT2D eigenvalue weighted by molar-refractivity contribution is 5.59. The average molecular weight is 268 g/mol. The number of allylic oxidation sites excluding steroid dienone is 1. The van der Waals surface area contributed by atoms with Gasteiger partial charge in [0.15, 0.2) is 0 Å². The van der Waals surface area contributed by atoms with Crippen LogP contribution in [0.3, 0.4) is 0 Å². The SMILES string of the molecule is COC(=O)OC/C=C(/C)CCc1cc(F)ccc1O.